The lowest BCUT2D eigenvalue weighted by Gasteiger charge is -2.03. The molecule has 1 atom stereocenters. The quantitative estimate of drug-likeness (QED) is 0.751. The van der Waals surface area contributed by atoms with Crippen molar-refractivity contribution >= 4 is 11.8 Å². The van der Waals surface area contributed by atoms with Crippen molar-refractivity contribution in [2.24, 2.45) is 0 Å². The number of benzene rings is 1. The van der Waals surface area contributed by atoms with Gasteiger partial charge < -0.3 is 0 Å². The summed E-state index contributed by atoms with van der Waals surface area (Å²) in [6, 6.07) is 11.7. The zero-order valence-electron chi connectivity index (χ0n) is 8.61. The van der Waals surface area contributed by atoms with E-state index in [0.717, 1.165) is 5.69 Å². The first-order valence-corrected chi connectivity index (χ1v) is 5.59. The molecule has 6 heteroatoms. The van der Waals surface area contributed by atoms with Crippen LogP contribution >= 0.6 is 11.8 Å². The molecule has 0 saturated carbocycles. The first kappa shape index (κ1) is 10.6. The maximum atomic E-state index is 8.75. The van der Waals surface area contributed by atoms with Crippen LogP contribution in [0.4, 0.5) is 0 Å². The fourth-order valence-corrected chi connectivity index (χ4v) is 1.86. The number of rotatable bonds is 3. The molecule has 1 aromatic heterocycles. The Morgan fingerprint density at radius 3 is 2.81 bits per heavy atom. The SMILES string of the molecule is CC(C#N)Sc1nnnn1-c1ccccc1. The van der Waals surface area contributed by atoms with E-state index in [1.807, 2.05) is 37.3 Å². The standard InChI is InChI=1S/C10H9N5S/c1-8(7-11)16-10-12-13-14-15(10)9-5-3-2-4-6-9/h2-6,8H,1H3. The van der Waals surface area contributed by atoms with Crippen molar-refractivity contribution in [3.05, 3.63) is 30.3 Å². The Balaban J connectivity index is 2.30. The van der Waals surface area contributed by atoms with Crippen molar-refractivity contribution in [2.45, 2.75) is 17.3 Å². The molecule has 0 aliphatic rings. The largest absolute Gasteiger partial charge is 0.215 e. The molecule has 0 N–H and O–H groups in total. The molecule has 1 aromatic carbocycles. The van der Waals surface area contributed by atoms with Crippen LogP contribution < -0.4 is 0 Å². The second-order valence-electron chi connectivity index (χ2n) is 3.10. The highest BCUT2D eigenvalue weighted by atomic mass is 32.2. The maximum absolute atomic E-state index is 8.75. The van der Waals surface area contributed by atoms with Crippen LogP contribution in [0, 0.1) is 11.3 Å². The van der Waals surface area contributed by atoms with E-state index in [2.05, 4.69) is 21.6 Å². The van der Waals surface area contributed by atoms with E-state index in [1.165, 1.54) is 11.8 Å². The summed E-state index contributed by atoms with van der Waals surface area (Å²) in [7, 11) is 0. The number of tetrazole rings is 1. The topological polar surface area (TPSA) is 67.4 Å². The van der Waals surface area contributed by atoms with E-state index < -0.39 is 0 Å². The molecule has 0 bridgehead atoms. The van der Waals surface area contributed by atoms with Gasteiger partial charge in [0.2, 0.25) is 5.16 Å². The van der Waals surface area contributed by atoms with Crippen LogP contribution in [-0.2, 0) is 0 Å². The van der Waals surface area contributed by atoms with Gasteiger partial charge in [-0.1, -0.05) is 30.0 Å². The van der Waals surface area contributed by atoms with E-state index in [9.17, 15) is 0 Å². The molecule has 0 spiro atoms. The van der Waals surface area contributed by atoms with Crippen LogP contribution in [0.1, 0.15) is 6.92 Å². The molecule has 0 aliphatic heterocycles. The van der Waals surface area contributed by atoms with Gasteiger partial charge in [-0.3, -0.25) is 0 Å². The van der Waals surface area contributed by atoms with Crippen LogP contribution in [0.25, 0.3) is 5.69 Å². The number of hydrogen-bond donors (Lipinski definition) is 0. The molecule has 0 fully saturated rings. The number of nitriles is 1. The van der Waals surface area contributed by atoms with E-state index in [-0.39, 0.29) is 5.25 Å². The minimum Gasteiger partial charge on any atom is -0.197 e. The Morgan fingerprint density at radius 1 is 1.38 bits per heavy atom. The molecule has 0 saturated heterocycles. The summed E-state index contributed by atoms with van der Waals surface area (Å²) in [6.45, 7) is 1.81. The maximum Gasteiger partial charge on any atom is 0.215 e. The molecule has 0 radical (unpaired) electrons. The molecule has 5 nitrogen and oxygen atoms in total. The highest BCUT2D eigenvalue weighted by Gasteiger charge is 2.11. The second-order valence-corrected chi connectivity index (χ2v) is 4.41. The minimum atomic E-state index is -0.173. The summed E-state index contributed by atoms with van der Waals surface area (Å²) in [6.07, 6.45) is 0. The Bertz CT molecular complexity index is 501. The lowest BCUT2D eigenvalue weighted by Crippen LogP contribution is -2.01. The fourth-order valence-electron chi connectivity index (χ4n) is 1.17. The van der Waals surface area contributed by atoms with Gasteiger partial charge in [0.1, 0.15) is 0 Å². The summed E-state index contributed by atoms with van der Waals surface area (Å²) in [4.78, 5) is 0. The van der Waals surface area contributed by atoms with Crippen LogP contribution in [0.5, 0.6) is 0 Å². The third-order valence-corrected chi connectivity index (χ3v) is 2.83. The molecular weight excluding hydrogens is 222 g/mol. The lowest BCUT2D eigenvalue weighted by molar-refractivity contribution is 0.756. The number of thioether (sulfide) groups is 1. The zero-order valence-corrected chi connectivity index (χ0v) is 9.42. The molecule has 0 amide bonds. The lowest BCUT2D eigenvalue weighted by atomic mass is 10.3. The van der Waals surface area contributed by atoms with Crippen LogP contribution in [0.2, 0.25) is 0 Å². The summed E-state index contributed by atoms with van der Waals surface area (Å²) >= 11 is 1.34. The van der Waals surface area contributed by atoms with Gasteiger partial charge in [0.15, 0.2) is 0 Å². The predicted octanol–water partition coefficient (Wildman–Crippen LogP) is 1.67. The minimum absolute atomic E-state index is 0.173. The van der Waals surface area contributed by atoms with E-state index >= 15 is 0 Å². The Kier molecular flexibility index (Phi) is 3.17. The summed E-state index contributed by atoms with van der Waals surface area (Å²) in [5.74, 6) is 0. The summed E-state index contributed by atoms with van der Waals surface area (Å²) in [5.41, 5.74) is 0.889. The highest BCUT2D eigenvalue weighted by Crippen LogP contribution is 2.21. The molecular formula is C10H9N5S. The monoisotopic (exact) mass is 231 g/mol. The highest BCUT2D eigenvalue weighted by molar-refractivity contribution is 8.00. The van der Waals surface area contributed by atoms with Gasteiger partial charge in [-0.2, -0.15) is 9.94 Å². The summed E-state index contributed by atoms with van der Waals surface area (Å²) in [5, 5.41) is 20.6. The molecule has 80 valence electrons. The Labute approximate surface area is 97.1 Å². The van der Waals surface area contributed by atoms with Crippen molar-refractivity contribution in [3.8, 4) is 11.8 Å². The van der Waals surface area contributed by atoms with Crippen molar-refractivity contribution < 1.29 is 0 Å². The summed E-state index contributed by atoms with van der Waals surface area (Å²) < 4.78 is 1.62. The molecule has 1 heterocycles. The number of nitrogens with zero attached hydrogens (tertiary/aromatic N) is 5. The van der Waals surface area contributed by atoms with Gasteiger partial charge in [-0.05, 0) is 29.5 Å². The van der Waals surface area contributed by atoms with E-state index in [4.69, 9.17) is 5.26 Å². The molecule has 16 heavy (non-hydrogen) atoms. The van der Waals surface area contributed by atoms with Gasteiger partial charge in [-0.15, -0.1) is 5.10 Å². The first-order chi connectivity index (χ1) is 7.81. The van der Waals surface area contributed by atoms with Gasteiger partial charge in [0.25, 0.3) is 0 Å². The van der Waals surface area contributed by atoms with Crippen molar-refractivity contribution in [1.82, 2.24) is 20.2 Å². The van der Waals surface area contributed by atoms with Crippen LogP contribution in [-0.4, -0.2) is 25.5 Å². The zero-order chi connectivity index (χ0) is 11.4. The van der Waals surface area contributed by atoms with Crippen molar-refractivity contribution in [1.29, 1.82) is 5.26 Å². The van der Waals surface area contributed by atoms with E-state index in [1.54, 1.807) is 4.68 Å². The van der Waals surface area contributed by atoms with E-state index in [0.29, 0.717) is 5.16 Å². The van der Waals surface area contributed by atoms with Gasteiger partial charge >= 0.3 is 0 Å². The predicted molar refractivity (Wildman–Crippen MR) is 60.1 cm³/mol. The van der Waals surface area contributed by atoms with Crippen molar-refractivity contribution in [3.63, 3.8) is 0 Å². The van der Waals surface area contributed by atoms with Crippen molar-refractivity contribution in [2.75, 3.05) is 0 Å². The number of para-hydroxylation sites is 1. The Morgan fingerprint density at radius 2 is 2.12 bits per heavy atom. The first-order valence-electron chi connectivity index (χ1n) is 4.71. The molecule has 1 unspecified atom stereocenters. The van der Waals surface area contributed by atoms with Crippen LogP contribution in [0.3, 0.4) is 0 Å². The number of aromatic nitrogens is 4. The molecule has 0 aliphatic carbocycles. The van der Waals surface area contributed by atoms with Gasteiger partial charge in [0, 0.05) is 0 Å². The normalized spacial score (nSPS) is 12.0. The van der Waals surface area contributed by atoms with Crippen LogP contribution in [0.15, 0.2) is 35.5 Å². The van der Waals surface area contributed by atoms with Gasteiger partial charge in [0.05, 0.1) is 17.0 Å². The second kappa shape index (κ2) is 4.77. The Hall–Kier alpha value is -1.87. The average molecular weight is 231 g/mol. The smallest absolute Gasteiger partial charge is 0.197 e. The third-order valence-electron chi connectivity index (χ3n) is 1.91. The molecule has 2 aromatic rings. The number of hydrogen-bond acceptors (Lipinski definition) is 5. The van der Waals surface area contributed by atoms with Gasteiger partial charge in [-0.25, -0.2) is 0 Å². The average Bonchev–Trinajstić information content (AvgIpc) is 2.78. The molecule has 2 rings (SSSR count). The fraction of sp³-hybridized carbons (Fsp3) is 0.200. The third kappa shape index (κ3) is 2.20.